The van der Waals surface area contributed by atoms with Crippen molar-refractivity contribution in [3.63, 3.8) is 0 Å². The van der Waals surface area contributed by atoms with Crippen molar-refractivity contribution in [2.75, 3.05) is 14.2 Å². The maximum absolute atomic E-state index is 5.46. The fourth-order valence-corrected chi connectivity index (χ4v) is 4.07. The largest absolute Gasteiger partial charge is 0.497 e. The predicted molar refractivity (Wildman–Crippen MR) is 120 cm³/mol. The quantitative estimate of drug-likeness (QED) is 0.396. The molecule has 9 heteroatoms. The summed E-state index contributed by atoms with van der Waals surface area (Å²) in [6.45, 7) is 0.868. The number of aromatic nitrogens is 7. The Morgan fingerprint density at radius 1 is 1.03 bits per heavy atom. The van der Waals surface area contributed by atoms with Gasteiger partial charge in [0.1, 0.15) is 30.0 Å². The van der Waals surface area contributed by atoms with Gasteiger partial charge in [-0.2, -0.15) is 0 Å². The summed E-state index contributed by atoms with van der Waals surface area (Å²) in [6.07, 6.45) is 7.42. The first-order chi connectivity index (χ1) is 16.2. The molecule has 1 aliphatic heterocycles. The molecule has 1 aromatic carbocycles. The van der Waals surface area contributed by atoms with Crippen LogP contribution in [0.5, 0.6) is 5.75 Å². The van der Waals surface area contributed by atoms with Crippen molar-refractivity contribution >= 4 is 5.65 Å². The van der Waals surface area contributed by atoms with E-state index in [0.717, 1.165) is 45.6 Å². The third-order valence-electron chi connectivity index (χ3n) is 5.70. The van der Waals surface area contributed by atoms with Gasteiger partial charge >= 0.3 is 0 Å². The van der Waals surface area contributed by atoms with Crippen molar-refractivity contribution in [1.29, 1.82) is 0 Å². The molecular formula is C24H19N7O2. The third kappa shape index (κ3) is 3.16. The van der Waals surface area contributed by atoms with Gasteiger partial charge < -0.3 is 18.4 Å². The number of pyridine rings is 1. The molecule has 0 atom stereocenters. The molecule has 0 bridgehead atoms. The molecule has 162 valence electrons. The summed E-state index contributed by atoms with van der Waals surface area (Å²) >= 11 is 0. The molecular weight excluding hydrogens is 418 g/mol. The van der Waals surface area contributed by atoms with Gasteiger partial charge in [-0.05, 0) is 36.3 Å². The Hall–Kier alpha value is -4.42. The van der Waals surface area contributed by atoms with E-state index in [2.05, 4.69) is 36.6 Å². The molecule has 0 saturated heterocycles. The van der Waals surface area contributed by atoms with Crippen LogP contribution in [0.3, 0.4) is 0 Å². The lowest BCUT2D eigenvalue weighted by molar-refractivity contribution is 0.174. The molecule has 0 spiro atoms. The summed E-state index contributed by atoms with van der Waals surface area (Å²) in [5.41, 5.74) is 5.23. The Kier molecular flexibility index (Phi) is 4.45. The van der Waals surface area contributed by atoms with Crippen molar-refractivity contribution in [3.05, 3.63) is 78.0 Å². The van der Waals surface area contributed by atoms with Gasteiger partial charge in [0, 0.05) is 36.8 Å². The Labute approximate surface area is 189 Å². The number of ether oxygens (including phenoxy) is 2. The number of benzene rings is 1. The van der Waals surface area contributed by atoms with Crippen LogP contribution in [-0.2, 0) is 17.9 Å². The summed E-state index contributed by atoms with van der Waals surface area (Å²) in [4.78, 5) is 8.96. The van der Waals surface area contributed by atoms with Crippen LogP contribution in [0.4, 0.5) is 0 Å². The fourth-order valence-electron chi connectivity index (χ4n) is 4.07. The average Bonchev–Trinajstić information content (AvgIpc) is 3.55. The van der Waals surface area contributed by atoms with Crippen molar-refractivity contribution in [3.8, 4) is 34.7 Å². The monoisotopic (exact) mass is 437 g/mol. The van der Waals surface area contributed by atoms with E-state index in [-0.39, 0.29) is 0 Å². The van der Waals surface area contributed by atoms with Gasteiger partial charge in [-0.25, -0.2) is 9.97 Å². The van der Waals surface area contributed by atoms with Gasteiger partial charge in [-0.1, -0.05) is 5.92 Å². The lowest BCUT2D eigenvalue weighted by atomic mass is 10.1. The zero-order valence-corrected chi connectivity index (χ0v) is 18.1. The standard InChI is InChI=1S/C24H19N7O2/c1-32-14-23-27-28-24-18-12-17(33-2)4-6-20(18)31-15-26-19(21(31)13-30(23)24)5-3-16-7-9-29-10-8-25-22(29)11-16/h4,6-12,15H,13-14H2,1-2H3. The van der Waals surface area contributed by atoms with E-state index in [1.165, 1.54) is 0 Å². The van der Waals surface area contributed by atoms with Crippen molar-refractivity contribution < 1.29 is 9.47 Å². The Morgan fingerprint density at radius 3 is 2.85 bits per heavy atom. The first-order valence-electron chi connectivity index (χ1n) is 10.4. The summed E-state index contributed by atoms with van der Waals surface area (Å²) in [5.74, 6) is 8.72. The Bertz CT molecular complexity index is 1560. The van der Waals surface area contributed by atoms with Crippen LogP contribution >= 0.6 is 0 Å². The van der Waals surface area contributed by atoms with Gasteiger partial charge in [-0.15, -0.1) is 10.2 Å². The molecule has 0 amide bonds. The molecule has 6 rings (SSSR count). The lowest BCUT2D eigenvalue weighted by Gasteiger charge is -2.09. The third-order valence-corrected chi connectivity index (χ3v) is 5.70. The topological polar surface area (TPSA) is 84.3 Å². The number of fused-ring (bicyclic) bond motifs is 6. The van der Waals surface area contributed by atoms with Gasteiger partial charge in [0.05, 0.1) is 25.0 Å². The highest BCUT2D eigenvalue weighted by atomic mass is 16.5. The molecule has 0 radical (unpaired) electrons. The SMILES string of the molecule is COCc1nnc2n1Cc1c(C#Cc3ccn4ccnc4c3)ncn1-c1ccc(OC)cc1-2. The van der Waals surface area contributed by atoms with Crippen LogP contribution < -0.4 is 4.74 Å². The normalized spacial score (nSPS) is 11.8. The maximum Gasteiger partial charge on any atom is 0.166 e. The minimum absolute atomic E-state index is 0.353. The minimum Gasteiger partial charge on any atom is -0.497 e. The summed E-state index contributed by atoms with van der Waals surface area (Å²) in [6, 6.07) is 9.82. The molecule has 4 aromatic heterocycles. The average molecular weight is 437 g/mol. The summed E-state index contributed by atoms with van der Waals surface area (Å²) < 4.78 is 16.9. The molecule has 9 nitrogen and oxygen atoms in total. The first kappa shape index (κ1) is 19.3. The van der Waals surface area contributed by atoms with Crippen molar-refractivity contribution in [2.24, 2.45) is 0 Å². The number of methoxy groups -OCH3 is 2. The molecule has 0 N–H and O–H groups in total. The Balaban J connectivity index is 1.50. The van der Waals surface area contributed by atoms with Crippen molar-refractivity contribution in [1.82, 2.24) is 33.7 Å². The number of hydrogen-bond acceptors (Lipinski definition) is 6. The number of rotatable bonds is 3. The molecule has 1 aliphatic rings. The van der Waals surface area contributed by atoms with Crippen LogP contribution in [0.1, 0.15) is 22.8 Å². The van der Waals surface area contributed by atoms with Gasteiger partial charge in [0.2, 0.25) is 0 Å². The second-order valence-corrected chi connectivity index (χ2v) is 7.61. The van der Waals surface area contributed by atoms with Crippen LogP contribution in [0.15, 0.2) is 55.2 Å². The van der Waals surface area contributed by atoms with Crippen LogP contribution in [0.25, 0.3) is 22.7 Å². The summed E-state index contributed by atoms with van der Waals surface area (Å²) in [5, 5.41) is 8.82. The van der Waals surface area contributed by atoms with E-state index < -0.39 is 0 Å². The lowest BCUT2D eigenvalue weighted by Crippen LogP contribution is -2.09. The molecule has 0 unspecified atom stereocenters. The van der Waals surface area contributed by atoms with E-state index in [9.17, 15) is 0 Å². The zero-order chi connectivity index (χ0) is 22.4. The van der Waals surface area contributed by atoms with Gasteiger partial charge in [0.25, 0.3) is 0 Å². The molecule has 0 fully saturated rings. The highest BCUT2D eigenvalue weighted by molar-refractivity contribution is 5.71. The van der Waals surface area contributed by atoms with E-state index in [1.54, 1.807) is 26.7 Å². The van der Waals surface area contributed by atoms with E-state index in [0.29, 0.717) is 18.8 Å². The van der Waals surface area contributed by atoms with Crippen molar-refractivity contribution in [2.45, 2.75) is 13.2 Å². The van der Waals surface area contributed by atoms with Crippen LogP contribution in [0, 0.1) is 11.8 Å². The fraction of sp³-hybridized carbons (Fsp3) is 0.167. The highest BCUT2D eigenvalue weighted by Crippen LogP contribution is 2.34. The Morgan fingerprint density at radius 2 is 1.97 bits per heavy atom. The van der Waals surface area contributed by atoms with Crippen LogP contribution in [0.2, 0.25) is 0 Å². The van der Waals surface area contributed by atoms with E-state index >= 15 is 0 Å². The number of nitrogens with zero attached hydrogens (tertiary/aromatic N) is 7. The highest BCUT2D eigenvalue weighted by Gasteiger charge is 2.26. The van der Waals surface area contributed by atoms with Gasteiger partial charge in [-0.3, -0.25) is 4.57 Å². The molecule has 0 aliphatic carbocycles. The minimum atomic E-state index is 0.353. The molecule has 33 heavy (non-hydrogen) atoms. The number of hydrogen-bond donors (Lipinski definition) is 0. The second-order valence-electron chi connectivity index (χ2n) is 7.61. The number of imidazole rings is 2. The molecule has 5 aromatic rings. The summed E-state index contributed by atoms with van der Waals surface area (Å²) in [7, 11) is 3.30. The maximum atomic E-state index is 5.46. The molecule has 5 heterocycles. The van der Waals surface area contributed by atoms with E-state index in [4.69, 9.17) is 9.47 Å². The smallest absolute Gasteiger partial charge is 0.166 e. The predicted octanol–water partition coefficient (Wildman–Crippen LogP) is 2.70. The first-order valence-corrected chi connectivity index (χ1v) is 10.4. The second kappa shape index (κ2) is 7.62. The molecule has 0 saturated carbocycles. The zero-order valence-electron chi connectivity index (χ0n) is 18.1. The van der Waals surface area contributed by atoms with E-state index in [1.807, 2.05) is 51.7 Å². The van der Waals surface area contributed by atoms with Gasteiger partial charge in [0.15, 0.2) is 11.6 Å². The van der Waals surface area contributed by atoms with Crippen LogP contribution in [-0.4, -0.2) is 47.9 Å².